The van der Waals surface area contributed by atoms with E-state index >= 15 is 0 Å². The van der Waals surface area contributed by atoms with Crippen molar-refractivity contribution in [3.05, 3.63) is 31.0 Å². The molecule has 0 radical (unpaired) electrons. The highest BCUT2D eigenvalue weighted by Crippen LogP contribution is 2.39. The average molecular weight is 338 g/mol. The van der Waals surface area contributed by atoms with E-state index < -0.39 is 11.8 Å². The van der Waals surface area contributed by atoms with E-state index in [0.717, 1.165) is 16.6 Å². The molecule has 0 amide bonds. The topological polar surface area (TPSA) is 124 Å². The summed E-state index contributed by atoms with van der Waals surface area (Å²) in [5.41, 5.74) is 0.739. The number of nitriles is 1. The standard InChI is InChI=1S/C17H18N6O2/c18-5-4-17(25,12-1-2-13(24)7-12)23-9-11(8-22-23)15-14-3-6-19-16(14)21-10-20-15/h3,6,8-10,12-13,24-25H,1-2,4,7H2,(H,19,20,21). The Kier molecular flexibility index (Phi) is 3.75. The van der Waals surface area contributed by atoms with Gasteiger partial charge in [-0.3, -0.25) is 0 Å². The number of aliphatic hydroxyl groups is 2. The summed E-state index contributed by atoms with van der Waals surface area (Å²) in [6, 6.07) is 3.94. The predicted molar refractivity (Wildman–Crippen MR) is 88.9 cm³/mol. The molecule has 1 saturated carbocycles. The highest BCUT2D eigenvalue weighted by Gasteiger charge is 2.43. The zero-order valence-electron chi connectivity index (χ0n) is 13.5. The van der Waals surface area contributed by atoms with E-state index in [0.29, 0.717) is 25.0 Å². The second kappa shape index (κ2) is 5.95. The fourth-order valence-corrected chi connectivity index (χ4v) is 3.67. The Morgan fingerprint density at radius 1 is 1.40 bits per heavy atom. The first-order chi connectivity index (χ1) is 12.1. The van der Waals surface area contributed by atoms with Crippen LogP contribution in [-0.2, 0) is 5.72 Å². The minimum absolute atomic E-state index is 0.0884. The molecule has 8 nitrogen and oxygen atoms in total. The van der Waals surface area contributed by atoms with Crippen molar-refractivity contribution in [3.63, 3.8) is 0 Å². The van der Waals surface area contributed by atoms with Gasteiger partial charge in [0.1, 0.15) is 12.0 Å². The van der Waals surface area contributed by atoms with Gasteiger partial charge in [0.05, 0.1) is 30.5 Å². The Balaban J connectivity index is 1.74. The van der Waals surface area contributed by atoms with Crippen molar-refractivity contribution in [1.82, 2.24) is 24.7 Å². The van der Waals surface area contributed by atoms with E-state index in [-0.39, 0.29) is 12.3 Å². The summed E-state index contributed by atoms with van der Waals surface area (Å²) in [4.78, 5) is 11.5. The zero-order valence-corrected chi connectivity index (χ0v) is 13.5. The largest absolute Gasteiger partial charge is 0.393 e. The Bertz CT molecular complexity index is 942. The maximum absolute atomic E-state index is 11.2. The first kappa shape index (κ1) is 15.7. The van der Waals surface area contributed by atoms with Crippen LogP contribution < -0.4 is 0 Å². The van der Waals surface area contributed by atoms with Gasteiger partial charge in [-0.2, -0.15) is 10.4 Å². The molecule has 3 atom stereocenters. The number of aromatic amines is 1. The Labute approximate surface area is 143 Å². The van der Waals surface area contributed by atoms with E-state index in [2.05, 4.69) is 20.1 Å². The minimum Gasteiger partial charge on any atom is -0.393 e. The third kappa shape index (κ3) is 2.58. The van der Waals surface area contributed by atoms with Crippen LogP contribution >= 0.6 is 0 Å². The molecule has 1 aliphatic carbocycles. The van der Waals surface area contributed by atoms with Gasteiger partial charge in [-0.1, -0.05) is 0 Å². The molecule has 3 heterocycles. The number of nitrogens with one attached hydrogen (secondary N) is 1. The number of fused-ring (bicyclic) bond motifs is 1. The quantitative estimate of drug-likeness (QED) is 0.663. The van der Waals surface area contributed by atoms with E-state index in [1.54, 1.807) is 18.6 Å². The van der Waals surface area contributed by atoms with Gasteiger partial charge in [0.15, 0.2) is 5.72 Å². The third-order valence-electron chi connectivity index (χ3n) is 5.00. The fraction of sp³-hybridized carbons (Fsp3) is 0.412. The highest BCUT2D eigenvalue weighted by atomic mass is 16.3. The molecule has 128 valence electrons. The monoisotopic (exact) mass is 338 g/mol. The van der Waals surface area contributed by atoms with E-state index in [9.17, 15) is 15.5 Å². The molecule has 25 heavy (non-hydrogen) atoms. The number of H-pyrrole nitrogens is 1. The second-order valence-electron chi connectivity index (χ2n) is 6.51. The molecule has 3 aromatic heterocycles. The average Bonchev–Trinajstić information content (AvgIpc) is 3.34. The van der Waals surface area contributed by atoms with E-state index in [1.165, 1.54) is 11.0 Å². The maximum atomic E-state index is 11.2. The number of hydrogen-bond acceptors (Lipinski definition) is 6. The number of aliphatic hydroxyl groups excluding tert-OH is 1. The molecule has 0 bridgehead atoms. The molecule has 0 spiro atoms. The third-order valence-corrected chi connectivity index (χ3v) is 5.00. The predicted octanol–water partition coefficient (Wildman–Crippen LogP) is 1.54. The van der Waals surface area contributed by atoms with Crippen LogP contribution in [0.5, 0.6) is 0 Å². The van der Waals surface area contributed by atoms with Crippen molar-refractivity contribution < 1.29 is 10.2 Å². The van der Waals surface area contributed by atoms with Crippen molar-refractivity contribution in [2.75, 3.05) is 0 Å². The molecule has 4 rings (SSSR count). The van der Waals surface area contributed by atoms with Crippen LogP contribution in [0.1, 0.15) is 25.7 Å². The van der Waals surface area contributed by atoms with E-state index in [4.69, 9.17) is 0 Å². The molecule has 1 fully saturated rings. The first-order valence-electron chi connectivity index (χ1n) is 8.23. The number of hydrogen-bond donors (Lipinski definition) is 3. The summed E-state index contributed by atoms with van der Waals surface area (Å²) < 4.78 is 1.44. The molecule has 0 saturated heterocycles. The van der Waals surface area contributed by atoms with Crippen LogP contribution in [0.15, 0.2) is 31.0 Å². The summed E-state index contributed by atoms with van der Waals surface area (Å²) in [6.45, 7) is 0. The lowest BCUT2D eigenvalue weighted by Gasteiger charge is -2.32. The summed E-state index contributed by atoms with van der Waals surface area (Å²) in [5.74, 6) is -0.215. The van der Waals surface area contributed by atoms with Crippen LogP contribution in [-0.4, -0.2) is 41.0 Å². The van der Waals surface area contributed by atoms with Crippen molar-refractivity contribution >= 4 is 11.0 Å². The van der Waals surface area contributed by atoms with Gasteiger partial charge in [-0.15, -0.1) is 0 Å². The number of aromatic nitrogens is 5. The first-order valence-corrected chi connectivity index (χ1v) is 8.23. The molecular weight excluding hydrogens is 320 g/mol. The lowest BCUT2D eigenvalue weighted by atomic mass is 9.91. The number of nitrogens with zero attached hydrogens (tertiary/aromatic N) is 5. The van der Waals surface area contributed by atoms with Gasteiger partial charge in [-0.25, -0.2) is 14.6 Å². The Hall–Kier alpha value is -2.76. The maximum Gasteiger partial charge on any atom is 0.173 e. The molecule has 3 unspecified atom stereocenters. The van der Waals surface area contributed by atoms with Crippen LogP contribution in [0, 0.1) is 17.2 Å². The molecular formula is C17H18N6O2. The summed E-state index contributed by atoms with van der Waals surface area (Å²) in [7, 11) is 0. The Morgan fingerprint density at radius 2 is 2.28 bits per heavy atom. The molecule has 0 aliphatic heterocycles. The lowest BCUT2D eigenvalue weighted by Crippen LogP contribution is -2.40. The second-order valence-corrected chi connectivity index (χ2v) is 6.51. The van der Waals surface area contributed by atoms with Crippen molar-refractivity contribution in [1.29, 1.82) is 5.26 Å². The van der Waals surface area contributed by atoms with Crippen molar-refractivity contribution in [2.24, 2.45) is 5.92 Å². The molecule has 1 aliphatic rings. The number of rotatable bonds is 4. The van der Waals surface area contributed by atoms with Crippen LogP contribution in [0.2, 0.25) is 0 Å². The van der Waals surface area contributed by atoms with Gasteiger partial charge in [0.25, 0.3) is 0 Å². The molecule has 3 N–H and O–H groups in total. The Morgan fingerprint density at radius 3 is 3.04 bits per heavy atom. The minimum atomic E-state index is -1.44. The van der Waals surface area contributed by atoms with Gasteiger partial charge in [0, 0.05) is 29.3 Å². The fourth-order valence-electron chi connectivity index (χ4n) is 3.67. The van der Waals surface area contributed by atoms with Crippen LogP contribution in [0.25, 0.3) is 22.3 Å². The lowest BCUT2D eigenvalue weighted by molar-refractivity contribution is -0.0986. The normalized spacial score (nSPS) is 22.8. The van der Waals surface area contributed by atoms with Gasteiger partial charge >= 0.3 is 0 Å². The zero-order chi connectivity index (χ0) is 17.4. The summed E-state index contributed by atoms with van der Waals surface area (Å²) in [5, 5.41) is 35.3. The molecule has 3 aromatic rings. The van der Waals surface area contributed by atoms with Crippen molar-refractivity contribution in [3.8, 4) is 17.3 Å². The SMILES string of the molecule is N#CCC(O)(C1CCC(O)C1)n1cc(-c2ncnc3[nH]ccc23)cn1. The molecule has 8 heteroatoms. The highest BCUT2D eigenvalue weighted by molar-refractivity contribution is 5.89. The smallest absolute Gasteiger partial charge is 0.173 e. The summed E-state index contributed by atoms with van der Waals surface area (Å²) >= 11 is 0. The molecule has 0 aromatic carbocycles. The van der Waals surface area contributed by atoms with Gasteiger partial charge in [0.2, 0.25) is 0 Å². The van der Waals surface area contributed by atoms with Crippen LogP contribution in [0.4, 0.5) is 0 Å². The summed E-state index contributed by atoms with van der Waals surface area (Å²) in [6.07, 6.45) is 7.81. The van der Waals surface area contributed by atoms with Gasteiger partial charge in [-0.05, 0) is 25.3 Å². The van der Waals surface area contributed by atoms with Crippen molar-refractivity contribution in [2.45, 2.75) is 37.5 Å². The van der Waals surface area contributed by atoms with Gasteiger partial charge < -0.3 is 15.2 Å². The van der Waals surface area contributed by atoms with E-state index in [1.807, 2.05) is 12.1 Å². The van der Waals surface area contributed by atoms with Crippen LogP contribution in [0.3, 0.4) is 0 Å².